The summed E-state index contributed by atoms with van der Waals surface area (Å²) in [5.74, 6) is -0.467. The predicted molar refractivity (Wildman–Crippen MR) is 218 cm³/mol. The number of urea groups is 1. The fourth-order valence-corrected chi connectivity index (χ4v) is 8.24. The van der Waals surface area contributed by atoms with Gasteiger partial charge in [0.05, 0.1) is 11.9 Å². The van der Waals surface area contributed by atoms with E-state index in [-0.39, 0.29) is 30.3 Å². The highest BCUT2D eigenvalue weighted by Gasteiger charge is 2.28. The van der Waals surface area contributed by atoms with Crippen molar-refractivity contribution < 1.29 is 19.1 Å². The molecule has 13 heteroatoms. The summed E-state index contributed by atoms with van der Waals surface area (Å²) in [6.45, 7) is 14.7. The first-order valence-electron chi connectivity index (χ1n) is 19.7. The molecule has 7 rings (SSSR count). The van der Waals surface area contributed by atoms with Gasteiger partial charge in [0.1, 0.15) is 0 Å². The minimum atomic E-state index is -0.405. The van der Waals surface area contributed by atoms with Crippen LogP contribution in [-0.4, -0.2) is 91.2 Å². The monoisotopic (exact) mass is 760 g/mol. The fraction of sp³-hybridized carbons (Fsp3) is 0.419. The molecule has 2 aromatic heterocycles. The quantitative estimate of drug-likeness (QED) is 0.191. The maximum absolute atomic E-state index is 14.0. The Morgan fingerprint density at radius 2 is 1.70 bits per heavy atom. The first-order chi connectivity index (χ1) is 27.1. The Morgan fingerprint density at radius 3 is 2.39 bits per heavy atom. The summed E-state index contributed by atoms with van der Waals surface area (Å²) < 4.78 is 5.69. The number of aromatic amines is 1. The van der Waals surface area contributed by atoms with Crippen LogP contribution in [0, 0.1) is 20.8 Å². The number of pyridine rings is 2. The lowest BCUT2D eigenvalue weighted by Crippen LogP contribution is -2.50. The van der Waals surface area contributed by atoms with Gasteiger partial charge in [-0.1, -0.05) is 12.1 Å². The van der Waals surface area contributed by atoms with Gasteiger partial charge in [-0.15, -0.1) is 0 Å². The van der Waals surface area contributed by atoms with Crippen LogP contribution in [0.4, 0.5) is 21.9 Å². The predicted octanol–water partition coefficient (Wildman–Crippen LogP) is 5.07. The van der Waals surface area contributed by atoms with Gasteiger partial charge < -0.3 is 24.8 Å². The number of hydrogen-bond donors (Lipinski definition) is 3. The van der Waals surface area contributed by atoms with Crippen LogP contribution in [0.3, 0.4) is 0 Å². The third kappa shape index (κ3) is 8.48. The van der Waals surface area contributed by atoms with E-state index in [0.29, 0.717) is 30.3 Å². The van der Waals surface area contributed by atoms with Gasteiger partial charge in [0, 0.05) is 112 Å². The third-order valence-corrected chi connectivity index (χ3v) is 11.4. The largest absolute Gasteiger partial charge is 0.381 e. The summed E-state index contributed by atoms with van der Waals surface area (Å²) in [4.78, 5) is 66.9. The van der Waals surface area contributed by atoms with Gasteiger partial charge in [-0.05, 0) is 105 Å². The number of anilines is 3. The molecule has 3 aliphatic heterocycles. The number of carbonyl (C=O) groups excluding carboxylic acids is 3. The van der Waals surface area contributed by atoms with Crippen molar-refractivity contribution in [3.05, 3.63) is 105 Å². The summed E-state index contributed by atoms with van der Waals surface area (Å²) >= 11 is 0. The second-order valence-electron chi connectivity index (χ2n) is 15.0. The number of rotatable bonds is 11. The number of aryl methyl sites for hydroxylation is 2. The van der Waals surface area contributed by atoms with Gasteiger partial charge >= 0.3 is 6.03 Å². The summed E-state index contributed by atoms with van der Waals surface area (Å²) in [6, 6.07) is 16.6. The Kier molecular flexibility index (Phi) is 11.8. The van der Waals surface area contributed by atoms with Crippen molar-refractivity contribution in [1.29, 1.82) is 0 Å². The summed E-state index contributed by atoms with van der Waals surface area (Å²) in [6.07, 6.45) is 5.57. The Morgan fingerprint density at radius 1 is 0.946 bits per heavy atom. The van der Waals surface area contributed by atoms with Gasteiger partial charge in [-0.3, -0.25) is 34.5 Å². The third-order valence-electron chi connectivity index (χ3n) is 11.4. The van der Waals surface area contributed by atoms with Crippen molar-refractivity contribution in [1.82, 2.24) is 25.5 Å². The lowest BCUT2D eigenvalue weighted by molar-refractivity contribution is -0.120. The van der Waals surface area contributed by atoms with E-state index in [9.17, 15) is 19.2 Å². The molecule has 3 fully saturated rings. The molecule has 0 bridgehead atoms. The zero-order valence-corrected chi connectivity index (χ0v) is 32.8. The minimum absolute atomic E-state index is 0.139. The van der Waals surface area contributed by atoms with Gasteiger partial charge in [-0.2, -0.15) is 0 Å². The number of amides is 4. The first-order valence-corrected chi connectivity index (χ1v) is 19.7. The number of ether oxygens (including phenoxy) is 1. The highest BCUT2D eigenvalue weighted by atomic mass is 16.5. The van der Waals surface area contributed by atoms with Crippen molar-refractivity contribution in [2.45, 2.75) is 66.1 Å². The number of carbonyl (C=O) groups is 3. The fourth-order valence-electron chi connectivity index (χ4n) is 8.24. The van der Waals surface area contributed by atoms with Gasteiger partial charge in [0.25, 0.3) is 11.5 Å². The Balaban J connectivity index is 1.08. The summed E-state index contributed by atoms with van der Waals surface area (Å²) in [7, 11) is 0. The Hall–Kier alpha value is -5.53. The highest BCUT2D eigenvalue weighted by Crippen LogP contribution is 2.35. The SMILES string of the molecule is CCN(c1cc(-c2ccc(N3CCN(Cc4ccncc4N4CCC(=O)NC4=O)CC3)cc2)cc(C(=O)NCc2c(C)cc(C)[nH]c2=O)c1C)C1CCOCC1. The van der Waals surface area contributed by atoms with Gasteiger partial charge in [0.2, 0.25) is 5.91 Å². The van der Waals surface area contributed by atoms with Crippen molar-refractivity contribution >= 4 is 34.9 Å². The number of nitrogens with one attached hydrogen (secondary N) is 3. The van der Waals surface area contributed by atoms with Crippen molar-refractivity contribution in [3.63, 3.8) is 0 Å². The van der Waals surface area contributed by atoms with E-state index in [1.165, 1.54) is 0 Å². The molecule has 2 aromatic carbocycles. The molecule has 4 amide bonds. The van der Waals surface area contributed by atoms with E-state index < -0.39 is 6.03 Å². The standard InChI is InChI=1S/C43H52N8O5/c1-5-50(35-12-20-56-21-13-35)38-24-33(23-36(30(38)4)41(53)45-25-37-28(2)22-29(3)46-42(37)54)31-6-8-34(9-7-31)49-18-16-48(17-19-49)27-32-10-14-44-26-39(32)51-15-11-40(52)47-43(51)55/h6-10,14,22-24,26,35H,5,11-13,15-21,25,27H2,1-4H3,(H,45,53)(H,46,54)(H,47,52,55). The molecule has 4 aromatic rings. The second-order valence-corrected chi connectivity index (χ2v) is 15.0. The average Bonchev–Trinajstić information content (AvgIpc) is 3.19. The summed E-state index contributed by atoms with van der Waals surface area (Å²) in [5.41, 5.74) is 9.41. The molecule has 3 N–H and O–H groups in total. The average molecular weight is 761 g/mol. The second kappa shape index (κ2) is 17.1. The van der Waals surface area contributed by atoms with Gasteiger partial charge in [-0.25, -0.2) is 4.79 Å². The molecule has 56 heavy (non-hydrogen) atoms. The van der Waals surface area contributed by atoms with Gasteiger partial charge in [0.15, 0.2) is 0 Å². The van der Waals surface area contributed by atoms with Crippen molar-refractivity contribution in [2.24, 2.45) is 0 Å². The van der Waals surface area contributed by atoms with Crippen LogP contribution in [-0.2, 0) is 22.6 Å². The van der Waals surface area contributed by atoms with Crippen LogP contribution in [0.2, 0.25) is 0 Å². The maximum Gasteiger partial charge on any atom is 0.328 e. The lowest BCUT2D eigenvalue weighted by Gasteiger charge is -2.37. The number of aromatic nitrogens is 2. The molecule has 3 aliphatic rings. The van der Waals surface area contributed by atoms with E-state index in [2.05, 4.69) is 72.6 Å². The molecule has 5 heterocycles. The summed E-state index contributed by atoms with van der Waals surface area (Å²) in [5, 5.41) is 5.46. The smallest absolute Gasteiger partial charge is 0.328 e. The molecule has 3 saturated heterocycles. The van der Waals surface area contributed by atoms with E-state index in [4.69, 9.17) is 4.74 Å². The maximum atomic E-state index is 14.0. The zero-order valence-electron chi connectivity index (χ0n) is 32.8. The van der Waals surface area contributed by atoms with Crippen LogP contribution in [0.5, 0.6) is 0 Å². The number of piperazine rings is 1. The molecule has 0 unspecified atom stereocenters. The first kappa shape index (κ1) is 38.7. The molecular weight excluding hydrogens is 709 g/mol. The normalized spacial score (nSPS) is 16.9. The Labute approximate surface area is 328 Å². The van der Waals surface area contributed by atoms with Crippen LogP contribution >= 0.6 is 0 Å². The molecule has 0 radical (unpaired) electrons. The Bertz CT molecular complexity index is 2140. The number of nitrogens with zero attached hydrogens (tertiary/aromatic N) is 5. The number of hydrogen-bond acceptors (Lipinski definition) is 9. The minimum Gasteiger partial charge on any atom is -0.381 e. The van der Waals surface area contributed by atoms with E-state index >= 15 is 0 Å². The number of imide groups is 1. The zero-order chi connectivity index (χ0) is 39.3. The topological polar surface area (TPSA) is 143 Å². The highest BCUT2D eigenvalue weighted by molar-refractivity contribution is 6.05. The van der Waals surface area contributed by atoms with E-state index in [1.807, 2.05) is 39.0 Å². The number of benzene rings is 2. The molecule has 0 aliphatic carbocycles. The molecule has 0 saturated carbocycles. The van der Waals surface area contributed by atoms with E-state index in [0.717, 1.165) is 109 Å². The molecule has 0 atom stereocenters. The van der Waals surface area contributed by atoms with E-state index in [1.54, 1.807) is 17.3 Å². The molecule has 13 nitrogen and oxygen atoms in total. The molecular formula is C43H52N8O5. The number of H-pyrrole nitrogens is 1. The van der Waals surface area contributed by atoms with Crippen LogP contribution in [0.25, 0.3) is 11.1 Å². The lowest BCUT2D eigenvalue weighted by atomic mass is 9.95. The van der Waals surface area contributed by atoms with Crippen molar-refractivity contribution in [2.75, 3.05) is 67.2 Å². The van der Waals surface area contributed by atoms with Crippen LogP contribution in [0.1, 0.15) is 64.5 Å². The van der Waals surface area contributed by atoms with Crippen molar-refractivity contribution in [3.8, 4) is 11.1 Å². The van der Waals surface area contributed by atoms with Crippen LogP contribution < -0.4 is 30.9 Å². The molecule has 0 spiro atoms. The van der Waals surface area contributed by atoms with Crippen LogP contribution in [0.15, 0.2) is 65.7 Å². The molecule has 294 valence electrons.